The molecule has 3 heteroatoms. The first-order valence-electron chi connectivity index (χ1n) is 3.30. The molecule has 0 spiro atoms. The summed E-state index contributed by atoms with van der Waals surface area (Å²) in [6.07, 6.45) is 2.21. The van der Waals surface area contributed by atoms with E-state index in [0.29, 0.717) is 12.6 Å². The van der Waals surface area contributed by atoms with Crippen molar-refractivity contribution in [2.75, 3.05) is 13.7 Å². The van der Waals surface area contributed by atoms with Gasteiger partial charge in [-0.05, 0) is 6.42 Å². The summed E-state index contributed by atoms with van der Waals surface area (Å²) in [5.74, 6) is 5.21. The van der Waals surface area contributed by atoms with Crippen LogP contribution in [0.15, 0.2) is 0 Å². The van der Waals surface area contributed by atoms with Gasteiger partial charge < -0.3 is 4.74 Å². The van der Waals surface area contributed by atoms with Crippen molar-refractivity contribution in [3.05, 3.63) is 0 Å². The Morgan fingerprint density at radius 1 is 1.67 bits per heavy atom. The van der Waals surface area contributed by atoms with Crippen molar-refractivity contribution >= 4 is 0 Å². The molecule has 0 aliphatic carbocycles. The molecule has 56 valence electrons. The van der Waals surface area contributed by atoms with Crippen LogP contribution in [0.4, 0.5) is 0 Å². The largest absolute Gasteiger partial charge is 0.383 e. The third-order valence-corrected chi connectivity index (χ3v) is 1.24. The molecule has 1 atom stereocenters. The number of hydrazine groups is 1. The van der Waals surface area contributed by atoms with Crippen molar-refractivity contribution in [3.8, 4) is 0 Å². The Balaban J connectivity index is 3.18. The van der Waals surface area contributed by atoms with Crippen molar-refractivity contribution in [1.29, 1.82) is 0 Å². The highest BCUT2D eigenvalue weighted by Crippen LogP contribution is 1.94. The first-order valence-corrected chi connectivity index (χ1v) is 3.30. The minimum absolute atomic E-state index is 0.319. The van der Waals surface area contributed by atoms with Gasteiger partial charge in [-0.25, -0.2) is 0 Å². The van der Waals surface area contributed by atoms with E-state index in [1.807, 2.05) is 0 Å². The van der Waals surface area contributed by atoms with Gasteiger partial charge in [0.25, 0.3) is 0 Å². The second-order valence-electron chi connectivity index (χ2n) is 2.11. The Hall–Kier alpha value is -0.120. The van der Waals surface area contributed by atoms with E-state index in [-0.39, 0.29) is 0 Å². The van der Waals surface area contributed by atoms with E-state index in [2.05, 4.69) is 12.3 Å². The molecule has 1 unspecified atom stereocenters. The van der Waals surface area contributed by atoms with Gasteiger partial charge in [0.05, 0.1) is 6.61 Å². The first kappa shape index (κ1) is 8.88. The van der Waals surface area contributed by atoms with Gasteiger partial charge in [0, 0.05) is 13.2 Å². The Labute approximate surface area is 56.5 Å². The third kappa shape index (κ3) is 4.39. The van der Waals surface area contributed by atoms with Crippen LogP contribution >= 0.6 is 0 Å². The second kappa shape index (κ2) is 6.01. The predicted octanol–water partition coefficient (Wildman–Crippen LogP) is 0.265. The Kier molecular flexibility index (Phi) is 5.93. The number of nitrogens with one attached hydrogen (secondary N) is 1. The summed E-state index contributed by atoms with van der Waals surface area (Å²) in [6, 6.07) is 0.319. The molecule has 0 aromatic heterocycles. The molecule has 9 heavy (non-hydrogen) atoms. The topological polar surface area (TPSA) is 47.3 Å². The van der Waals surface area contributed by atoms with Crippen LogP contribution in [0.3, 0.4) is 0 Å². The summed E-state index contributed by atoms with van der Waals surface area (Å²) >= 11 is 0. The molecule has 3 N–H and O–H groups in total. The molecule has 0 heterocycles. The normalized spacial score (nSPS) is 13.7. The number of nitrogens with two attached hydrogens (primary N) is 1. The van der Waals surface area contributed by atoms with Crippen LogP contribution in [-0.2, 0) is 4.74 Å². The van der Waals surface area contributed by atoms with Gasteiger partial charge in [0.1, 0.15) is 0 Å². The van der Waals surface area contributed by atoms with E-state index >= 15 is 0 Å². The number of rotatable bonds is 5. The fraction of sp³-hybridized carbons (Fsp3) is 1.00. The Morgan fingerprint density at radius 3 is 2.67 bits per heavy atom. The molecule has 0 aromatic carbocycles. The maximum absolute atomic E-state index is 5.21. The molecule has 0 bridgehead atoms. The zero-order valence-electron chi connectivity index (χ0n) is 6.18. The SMILES string of the molecule is CCCC(COC)NN. The molecular weight excluding hydrogens is 116 g/mol. The van der Waals surface area contributed by atoms with E-state index in [1.54, 1.807) is 7.11 Å². The minimum atomic E-state index is 0.319. The summed E-state index contributed by atoms with van der Waals surface area (Å²) in [5.41, 5.74) is 2.68. The monoisotopic (exact) mass is 132 g/mol. The molecule has 0 amide bonds. The van der Waals surface area contributed by atoms with Crippen molar-refractivity contribution in [2.24, 2.45) is 5.84 Å². The fourth-order valence-corrected chi connectivity index (χ4v) is 0.764. The van der Waals surface area contributed by atoms with Gasteiger partial charge in [0.2, 0.25) is 0 Å². The van der Waals surface area contributed by atoms with E-state index < -0.39 is 0 Å². The Bertz CT molecular complexity index is 53.0. The van der Waals surface area contributed by atoms with E-state index in [0.717, 1.165) is 12.8 Å². The summed E-state index contributed by atoms with van der Waals surface area (Å²) in [6.45, 7) is 2.82. The fourth-order valence-electron chi connectivity index (χ4n) is 0.764. The molecule has 0 aromatic rings. The molecule has 3 nitrogen and oxygen atoms in total. The molecule has 0 aliphatic heterocycles. The predicted molar refractivity (Wildman–Crippen MR) is 37.9 cm³/mol. The van der Waals surface area contributed by atoms with Crippen LogP contribution in [0.5, 0.6) is 0 Å². The van der Waals surface area contributed by atoms with Gasteiger partial charge in [-0.3, -0.25) is 11.3 Å². The minimum Gasteiger partial charge on any atom is -0.383 e. The molecule has 0 radical (unpaired) electrons. The highest BCUT2D eigenvalue weighted by atomic mass is 16.5. The second-order valence-corrected chi connectivity index (χ2v) is 2.11. The maximum Gasteiger partial charge on any atom is 0.0629 e. The van der Waals surface area contributed by atoms with Crippen molar-refractivity contribution < 1.29 is 4.74 Å². The van der Waals surface area contributed by atoms with Crippen LogP contribution < -0.4 is 11.3 Å². The number of hydrogen-bond acceptors (Lipinski definition) is 3. The summed E-state index contributed by atoms with van der Waals surface area (Å²) < 4.78 is 4.90. The highest BCUT2D eigenvalue weighted by Gasteiger charge is 2.01. The number of hydrogen-bond donors (Lipinski definition) is 2. The van der Waals surface area contributed by atoms with Crippen LogP contribution in [0.1, 0.15) is 19.8 Å². The summed E-state index contributed by atoms with van der Waals surface area (Å²) in [5, 5.41) is 0. The van der Waals surface area contributed by atoms with E-state index in [4.69, 9.17) is 10.6 Å². The van der Waals surface area contributed by atoms with Crippen LogP contribution in [0.25, 0.3) is 0 Å². The van der Waals surface area contributed by atoms with Gasteiger partial charge in [0.15, 0.2) is 0 Å². The quantitative estimate of drug-likeness (QED) is 0.417. The van der Waals surface area contributed by atoms with Crippen LogP contribution in [0.2, 0.25) is 0 Å². The zero-order valence-corrected chi connectivity index (χ0v) is 6.18. The smallest absolute Gasteiger partial charge is 0.0629 e. The van der Waals surface area contributed by atoms with Crippen LogP contribution in [0, 0.1) is 0 Å². The average Bonchev–Trinajstić information content (AvgIpc) is 1.88. The lowest BCUT2D eigenvalue weighted by Gasteiger charge is -2.12. The van der Waals surface area contributed by atoms with Crippen molar-refractivity contribution in [1.82, 2.24) is 5.43 Å². The van der Waals surface area contributed by atoms with Gasteiger partial charge in [-0.2, -0.15) is 0 Å². The molecule has 0 rings (SSSR count). The summed E-state index contributed by atoms with van der Waals surface area (Å²) in [4.78, 5) is 0. The molecular formula is C6H16N2O. The molecule has 0 fully saturated rings. The summed E-state index contributed by atoms with van der Waals surface area (Å²) in [7, 11) is 1.68. The van der Waals surface area contributed by atoms with Crippen molar-refractivity contribution in [2.45, 2.75) is 25.8 Å². The van der Waals surface area contributed by atoms with Crippen LogP contribution in [-0.4, -0.2) is 19.8 Å². The molecule has 0 saturated carbocycles. The number of methoxy groups -OCH3 is 1. The third-order valence-electron chi connectivity index (χ3n) is 1.24. The first-order chi connectivity index (χ1) is 4.35. The lowest BCUT2D eigenvalue weighted by molar-refractivity contribution is 0.162. The van der Waals surface area contributed by atoms with E-state index in [9.17, 15) is 0 Å². The lowest BCUT2D eigenvalue weighted by Crippen LogP contribution is -2.38. The standard InChI is InChI=1S/C6H16N2O/c1-3-4-6(8-7)5-9-2/h6,8H,3-5,7H2,1-2H3. The maximum atomic E-state index is 5.21. The average molecular weight is 132 g/mol. The molecule has 0 aliphatic rings. The van der Waals surface area contributed by atoms with Gasteiger partial charge in [-0.1, -0.05) is 13.3 Å². The Morgan fingerprint density at radius 2 is 2.33 bits per heavy atom. The number of ether oxygens (including phenoxy) is 1. The highest BCUT2D eigenvalue weighted by molar-refractivity contribution is 4.59. The van der Waals surface area contributed by atoms with Crippen molar-refractivity contribution in [3.63, 3.8) is 0 Å². The van der Waals surface area contributed by atoms with E-state index in [1.165, 1.54) is 0 Å². The van der Waals surface area contributed by atoms with Gasteiger partial charge in [-0.15, -0.1) is 0 Å². The van der Waals surface area contributed by atoms with Gasteiger partial charge >= 0.3 is 0 Å². The lowest BCUT2D eigenvalue weighted by atomic mass is 10.2. The zero-order chi connectivity index (χ0) is 7.11. The molecule has 0 saturated heterocycles.